The number of morpholine rings is 1. The van der Waals surface area contributed by atoms with Gasteiger partial charge in [-0.05, 0) is 26.0 Å². The lowest BCUT2D eigenvalue weighted by Gasteiger charge is -2.35. The summed E-state index contributed by atoms with van der Waals surface area (Å²) in [5, 5.41) is 3.66. The Balaban J connectivity index is 1.61. The van der Waals surface area contributed by atoms with Gasteiger partial charge in [0.15, 0.2) is 0 Å². The van der Waals surface area contributed by atoms with Gasteiger partial charge in [0, 0.05) is 38.0 Å². The second-order valence-electron chi connectivity index (χ2n) is 5.03. The van der Waals surface area contributed by atoms with Crippen LogP contribution in [-0.2, 0) is 4.74 Å². The standard InChI is InChI=1S/C12H24N2OS/c1-10-7-14(8-11(2)15-10)5-4-13-12-3-6-16-9-12/h10-13H,3-9H2,1-2H3. The number of hydrogen-bond donors (Lipinski definition) is 1. The molecule has 0 amide bonds. The third-order valence-electron chi connectivity index (χ3n) is 3.29. The maximum atomic E-state index is 5.73. The van der Waals surface area contributed by atoms with E-state index in [2.05, 4.69) is 35.8 Å². The Hall–Kier alpha value is 0.230. The molecule has 0 bridgehead atoms. The summed E-state index contributed by atoms with van der Waals surface area (Å²) in [6.07, 6.45) is 2.14. The summed E-state index contributed by atoms with van der Waals surface area (Å²) in [4.78, 5) is 2.52. The van der Waals surface area contributed by atoms with Crippen LogP contribution in [0.2, 0.25) is 0 Å². The molecule has 0 aromatic rings. The van der Waals surface area contributed by atoms with Crippen LogP contribution >= 0.6 is 11.8 Å². The van der Waals surface area contributed by atoms with Crippen molar-refractivity contribution in [2.24, 2.45) is 0 Å². The van der Waals surface area contributed by atoms with Crippen LogP contribution in [0.15, 0.2) is 0 Å². The summed E-state index contributed by atoms with van der Waals surface area (Å²) < 4.78 is 5.73. The van der Waals surface area contributed by atoms with E-state index in [1.165, 1.54) is 24.5 Å². The molecule has 0 radical (unpaired) electrons. The van der Waals surface area contributed by atoms with E-state index in [1.54, 1.807) is 0 Å². The molecule has 0 spiro atoms. The topological polar surface area (TPSA) is 24.5 Å². The lowest BCUT2D eigenvalue weighted by molar-refractivity contribution is -0.0675. The van der Waals surface area contributed by atoms with Gasteiger partial charge in [0.1, 0.15) is 0 Å². The van der Waals surface area contributed by atoms with Crippen molar-refractivity contribution in [3.8, 4) is 0 Å². The Bertz CT molecular complexity index is 199. The van der Waals surface area contributed by atoms with E-state index in [9.17, 15) is 0 Å². The molecule has 0 aliphatic carbocycles. The summed E-state index contributed by atoms with van der Waals surface area (Å²) in [7, 11) is 0. The molecule has 0 aromatic carbocycles. The Labute approximate surface area is 103 Å². The van der Waals surface area contributed by atoms with Crippen molar-refractivity contribution in [2.45, 2.75) is 38.5 Å². The molecule has 0 saturated carbocycles. The van der Waals surface area contributed by atoms with Crippen molar-refractivity contribution in [1.29, 1.82) is 0 Å². The number of rotatable bonds is 4. The molecule has 2 saturated heterocycles. The van der Waals surface area contributed by atoms with Crippen LogP contribution in [0, 0.1) is 0 Å². The normalized spacial score (nSPS) is 36.8. The first-order valence-electron chi connectivity index (χ1n) is 6.43. The highest BCUT2D eigenvalue weighted by atomic mass is 32.2. The smallest absolute Gasteiger partial charge is 0.0678 e. The molecule has 1 N–H and O–H groups in total. The highest BCUT2D eigenvalue weighted by Crippen LogP contribution is 2.16. The number of nitrogens with one attached hydrogen (secondary N) is 1. The molecule has 2 heterocycles. The first-order valence-corrected chi connectivity index (χ1v) is 7.58. The summed E-state index contributed by atoms with van der Waals surface area (Å²) in [5.74, 6) is 2.64. The van der Waals surface area contributed by atoms with Crippen molar-refractivity contribution in [3.63, 3.8) is 0 Å². The average Bonchev–Trinajstić information content (AvgIpc) is 2.69. The lowest BCUT2D eigenvalue weighted by atomic mass is 10.2. The van der Waals surface area contributed by atoms with Crippen LogP contribution < -0.4 is 5.32 Å². The molecule has 3 nitrogen and oxygen atoms in total. The van der Waals surface area contributed by atoms with E-state index in [4.69, 9.17) is 4.74 Å². The predicted octanol–water partition coefficient (Wildman–Crippen LogP) is 1.19. The van der Waals surface area contributed by atoms with Gasteiger partial charge < -0.3 is 10.1 Å². The fraction of sp³-hybridized carbons (Fsp3) is 1.00. The number of ether oxygens (including phenoxy) is 1. The Morgan fingerprint density at radius 1 is 1.31 bits per heavy atom. The molecule has 2 aliphatic rings. The zero-order chi connectivity index (χ0) is 11.4. The van der Waals surface area contributed by atoms with Gasteiger partial charge in [-0.3, -0.25) is 4.90 Å². The molecule has 2 aliphatic heterocycles. The number of thioether (sulfide) groups is 1. The molecular formula is C12H24N2OS. The summed E-state index contributed by atoms with van der Waals surface area (Å²) in [6, 6.07) is 0.765. The molecule has 3 unspecified atom stereocenters. The van der Waals surface area contributed by atoms with E-state index in [1.807, 2.05) is 0 Å². The molecular weight excluding hydrogens is 220 g/mol. The van der Waals surface area contributed by atoms with Gasteiger partial charge in [-0.1, -0.05) is 0 Å². The molecule has 0 aromatic heterocycles. The van der Waals surface area contributed by atoms with Crippen molar-refractivity contribution in [1.82, 2.24) is 10.2 Å². The zero-order valence-electron chi connectivity index (χ0n) is 10.4. The van der Waals surface area contributed by atoms with Gasteiger partial charge in [0.25, 0.3) is 0 Å². The molecule has 2 rings (SSSR count). The van der Waals surface area contributed by atoms with Gasteiger partial charge in [-0.25, -0.2) is 0 Å². The first-order chi connectivity index (χ1) is 7.74. The zero-order valence-corrected chi connectivity index (χ0v) is 11.3. The molecule has 2 fully saturated rings. The minimum absolute atomic E-state index is 0.394. The minimum atomic E-state index is 0.394. The number of nitrogens with zero attached hydrogens (tertiary/aromatic N) is 1. The van der Waals surface area contributed by atoms with Crippen molar-refractivity contribution in [3.05, 3.63) is 0 Å². The van der Waals surface area contributed by atoms with Gasteiger partial charge in [0.05, 0.1) is 12.2 Å². The highest BCUT2D eigenvalue weighted by Gasteiger charge is 2.22. The van der Waals surface area contributed by atoms with E-state index in [0.29, 0.717) is 12.2 Å². The van der Waals surface area contributed by atoms with E-state index in [0.717, 1.165) is 25.7 Å². The number of hydrogen-bond acceptors (Lipinski definition) is 4. The summed E-state index contributed by atoms with van der Waals surface area (Å²) >= 11 is 2.07. The monoisotopic (exact) mass is 244 g/mol. The second-order valence-corrected chi connectivity index (χ2v) is 6.18. The van der Waals surface area contributed by atoms with Crippen LogP contribution in [0.3, 0.4) is 0 Å². The van der Waals surface area contributed by atoms with Crippen LogP contribution in [0.5, 0.6) is 0 Å². The van der Waals surface area contributed by atoms with E-state index in [-0.39, 0.29) is 0 Å². The Morgan fingerprint density at radius 2 is 2.06 bits per heavy atom. The Kier molecular flexibility index (Phi) is 4.95. The maximum Gasteiger partial charge on any atom is 0.0678 e. The van der Waals surface area contributed by atoms with Gasteiger partial charge >= 0.3 is 0 Å². The molecule has 94 valence electrons. The SMILES string of the molecule is CC1CN(CCNC2CCSC2)CC(C)O1. The minimum Gasteiger partial charge on any atom is -0.373 e. The second kappa shape index (κ2) is 6.24. The fourth-order valence-electron chi connectivity index (χ4n) is 2.59. The third kappa shape index (κ3) is 3.91. The van der Waals surface area contributed by atoms with Gasteiger partial charge in [0.2, 0.25) is 0 Å². The van der Waals surface area contributed by atoms with Crippen molar-refractivity contribution in [2.75, 3.05) is 37.7 Å². The van der Waals surface area contributed by atoms with E-state index < -0.39 is 0 Å². The molecule has 16 heavy (non-hydrogen) atoms. The predicted molar refractivity (Wildman–Crippen MR) is 70.2 cm³/mol. The maximum absolute atomic E-state index is 5.73. The van der Waals surface area contributed by atoms with Gasteiger partial charge in [-0.15, -0.1) is 0 Å². The van der Waals surface area contributed by atoms with Crippen LogP contribution in [0.4, 0.5) is 0 Å². The average molecular weight is 244 g/mol. The van der Waals surface area contributed by atoms with E-state index >= 15 is 0 Å². The largest absolute Gasteiger partial charge is 0.373 e. The van der Waals surface area contributed by atoms with Gasteiger partial charge in [-0.2, -0.15) is 11.8 Å². The van der Waals surface area contributed by atoms with Crippen LogP contribution in [-0.4, -0.2) is 60.8 Å². The quantitative estimate of drug-likeness (QED) is 0.803. The lowest BCUT2D eigenvalue weighted by Crippen LogP contribution is -2.48. The van der Waals surface area contributed by atoms with Crippen LogP contribution in [0.25, 0.3) is 0 Å². The fourth-order valence-corrected chi connectivity index (χ4v) is 3.78. The third-order valence-corrected chi connectivity index (χ3v) is 4.45. The first kappa shape index (κ1) is 12.7. The van der Waals surface area contributed by atoms with Crippen molar-refractivity contribution >= 4 is 11.8 Å². The highest BCUT2D eigenvalue weighted by molar-refractivity contribution is 7.99. The molecule has 3 atom stereocenters. The van der Waals surface area contributed by atoms with Crippen LogP contribution in [0.1, 0.15) is 20.3 Å². The Morgan fingerprint density at radius 3 is 2.69 bits per heavy atom. The summed E-state index contributed by atoms with van der Waals surface area (Å²) in [6.45, 7) is 8.81. The van der Waals surface area contributed by atoms with Crippen molar-refractivity contribution < 1.29 is 4.74 Å². The summed E-state index contributed by atoms with van der Waals surface area (Å²) in [5.41, 5.74) is 0. The molecule has 4 heteroatoms.